The lowest BCUT2D eigenvalue weighted by molar-refractivity contribution is 0.0688. The Morgan fingerprint density at radius 1 is 0.194 bits per heavy atom. The number of rotatable bonds is 12. The lowest BCUT2D eigenvalue weighted by atomic mass is 9.62. The van der Waals surface area contributed by atoms with Gasteiger partial charge in [-0.15, -0.1) is 92.8 Å². The van der Waals surface area contributed by atoms with Crippen molar-refractivity contribution in [1.82, 2.24) is 0 Å². The van der Waals surface area contributed by atoms with E-state index in [1.807, 2.05) is 0 Å². The Morgan fingerprint density at radius 3 is 0.701 bits per heavy atom. The maximum atomic E-state index is 5.30. The van der Waals surface area contributed by atoms with Crippen LogP contribution < -0.4 is 0 Å². The number of hydrogen-bond donors (Lipinski definition) is 0. The van der Waals surface area contributed by atoms with Crippen molar-refractivity contribution < 1.29 is 0 Å². The highest BCUT2D eigenvalue weighted by atomic mass is 35.5. The quantitative estimate of drug-likeness (QED) is 0.0980. The van der Waals surface area contributed by atoms with Crippen LogP contribution in [0.1, 0.15) is 414 Å². The van der Waals surface area contributed by atoms with Gasteiger partial charge in [0.2, 0.25) is 0 Å². The fraction of sp³-hybridized carbons (Fsp3) is 0.818. The van der Waals surface area contributed by atoms with E-state index in [1.165, 1.54) is 113 Å². The van der Waals surface area contributed by atoms with Gasteiger partial charge in [0.15, 0.2) is 0 Å². The summed E-state index contributed by atoms with van der Waals surface area (Å²) in [6.45, 7) is 58.3. The van der Waals surface area contributed by atoms with Crippen LogP contribution in [0.5, 0.6) is 0 Å². The number of benzene rings is 4. The summed E-state index contributed by atoms with van der Waals surface area (Å²) in [4.78, 5) is 0. The molecule has 0 aromatic heterocycles. The summed E-state index contributed by atoms with van der Waals surface area (Å²) < 4.78 is -2.22. The second-order valence-electron chi connectivity index (χ2n) is 58.0. The highest BCUT2D eigenvalue weighted by molar-refractivity contribution is 6.82. The largest absolute Gasteiger partial charge is 0.112 e. The molecule has 22 rings (SSSR count). The topological polar surface area (TPSA) is 0 Å². The van der Waals surface area contributed by atoms with Crippen LogP contribution >= 0.6 is 92.8 Å². The van der Waals surface area contributed by atoms with E-state index in [9.17, 15) is 0 Å². The van der Waals surface area contributed by atoms with Crippen LogP contribution in [0.4, 0.5) is 0 Å². The molecule has 12 heteroatoms. The Labute approximate surface area is 931 Å². The maximum absolute atomic E-state index is 5.30. The molecule has 4 aromatic rings. The third kappa shape index (κ3) is 27.6. The number of alkyl halides is 8. The maximum Gasteiger partial charge on any atom is 0.112 e. The van der Waals surface area contributed by atoms with Crippen molar-refractivity contribution in [3.63, 3.8) is 0 Å². The van der Waals surface area contributed by atoms with Gasteiger partial charge >= 0.3 is 0 Å². The van der Waals surface area contributed by atoms with Gasteiger partial charge in [0.05, 0.1) is 32.3 Å². The first-order chi connectivity index (χ1) is 67.9. The second-order valence-corrected chi connectivity index (χ2v) is 86.4. The van der Waals surface area contributed by atoms with E-state index in [0.717, 1.165) is 211 Å². The van der Waals surface area contributed by atoms with E-state index in [0.29, 0.717) is 0 Å². The summed E-state index contributed by atoms with van der Waals surface area (Å²) in [5.74, 6) is 31.9. The van der Waals surface area contributed by atoms with Crippen molar-refractivity contribution in [1.29, 1.82) is 0 Å². The minimum atomic E-state index is -1.52. The molecule has 18 aliphatic rings. The van der Waals surface area contributed by atoms with Crippen molar-refractivity contribution in [2.75, 3.05) is 0 Å². The van der Waals surface area contributed by atoms with E-state index in [2.05, 4.69) is 229 Å². The van der Waals surface area contributed by atoms with E-state index < -0.39 is 49.6 Å². The predicted octanol–water partition coefficient (Wildman–Crippen LogP) is 44.9. The molecule has 0 saturated heterocycles. The van der Waals surface area contributed by atoms with Gasteiger partial charge < -0.3 is 0 Å². The SMILES string of the molecule is CC(C)(Cl)Cl.CC(C)(Cl)Cl.CC(C)(Cl)Cl.CC(C)(Cl)Cl.CC1C(C)C([Si](C)(C)C2C(C)C(C)C3C(c4ccccc4)CCCC32)C2CCCC(c3ccccc3)C12.CC1CC2C(c3ccccc3)CCCC2C1[Si](C)(C)C1C(C)CC2C(c3ccccc3)CCCC21.CC1CC2C3CCCCC3CCC2C1[Si](C)(C)C1C(C)CC2C3CCCCC3CCC21.C[Si](C)(C1CCC2CCCCC21)C1CCC2CCCCC21. The molecule has 0 amide bonds. The van der Waals surface area contributed by atoms with Gasteiger partial charge in [-0.3, -0.25) is 0 Å². The molecular formula is C132H212Cl8Si4. The zero-order valence-electron chi connectivity index (χ0n) is 95.9. The van der Waals surface area contributed by atoms with Crippen molar-refractivity contribution in [3.05, 3.63) is 144 Å². The summed E-state index contributed by atoms with van der Waals surface area (Å²) in [7, 11) is -5.31. The molecule has 40 atom stereocenters. The molecule has 0 aliphatic heterocycles. The summed E-state index contributed by atoms with van der Waals surface area (Å²) in [5.41, 5.74) is 15.3. The molecule has 0 N–H and O–H groups in total. The number of hydrogen-bond acceptors (Lipinski definition) is 0. The standard InChI is InChI=1S/C36H52Si.C34H48Si.C30H52Si.C20H36Si.4C3H6Cl2/c1-23-25(3)35(31-21-13-19-29(33(23)31)27-15-9-7-10-16-27)37(5,6)36-26(4)24(2)34-30(20-14-22-32(34)36)28-17-11-8-12-18-28;1-23-21-31-27(25-13-7-5-8-14-25)17-11-19-29(31)33(23)35(3,4)34-24(2)22-32-28(18-12-20-30(32)34)26-15-9-6-10-16-26;1-19-17-27-23-11-7-5-9-21(23)13-15-25(27)29(19)31(3,4)30-20(2)18-28-24-12-8-6-10-22(24)14-16-26(28)30;1-21(2,19-13-11-15-7-3-5-9-17(15)19)20-14-12-16-8-4-6-10-18(16)20;4*1-3(2,4)5/h7-12,15-18,23-26,29-36H,13-14,19-22H2,1-6H3;5-10,13-16,23-24,27-34H,11-12,17-22H2,1-4H3;19-30H,5-18H2,1-4H3;15-20H,3-14H2,1-2H3;4*1-2H3. The molecular weight excluding hydrogens is 1980 g/mol. The molecule has 0 nitrogen and oxygen atoms in total. The van der Waals surface area contributed by atoms with E-state index >= 15 is 0 Å². The molecule has 812 valence electrons. The molecule has 18 fully saturated rings. The molecule has 144 heavy (non-hydrogen) atoms. The van der Waals surface area contributed by atoms with Crippen molar-refractivity contribution in [3.8, 4) is 0 Å². The third-order valence-corrected chi connectivity index (χ3v) is 68.0. The number of fused-ring (bicyclic) bond motifs is 12. The monoisotopic (exact) mass is 2190 g/mol. The molecule has 18 aliphatic carbocycles. The van der Waals surface area contributed by atoms with Gasteiger partial charge in [0.25, 0.3) is 0 Å². The predicted molar refractivity (Wildman–Crippen MR) is 648 cm³/mol. The van der Waals surface area contributed by atoms with Gasteiger partial charge in [-0.2, -0.15) is 0 Å². The Morgan fingerprint density at radius 2 is 0.410 bits per heavy atom. The summed E-state index contributed by atoms with van der Waals surface area (Å²) in [6.07, 6.45) is 61.8. The van der Waals surface area contributed by atoms with E-state index in [4.69, 9.17) is 92.8 Å². The van der Waals surface area contributed by atoms with E-state index in [-0.39, 0.29) is 0 Å². The Balaban J connectivity index is 0.000000137. The molecule has 0 spiro atoms. The minimum Gasteiger partial charge on any atom is -0.102 e. The van der Waals surface area contributed by atoms with Crippen molar-refractivity contribution in [2.45, 2.75) is 505 Å². The molecule has 18 saturated carbocycles. The second kappa shape index (κ2) is 50.1. The fourth-order valence-corrected chi connectivity index (χ4v) is 68.8. The fourth-order valence-electron chi connectivity index (χ4n) is 43.2. The van der Waals surface area contributed by atoms with Gasteiger partial charge in [0.1, 0.15) is 17.3 Å². The third-order valence-electron chi connectivity index (χ3n) is 46.6. The van der Waals surface area contributed by atoms with Gasteiger partial charge in [-0.25, -0.2) is 0 Å². The van der Waals surface area contributed by atoms with Gasteiger partial charge in [0, 0.05) is 0 Å². The average Bonchev–Trinajstić information content (AvgIpc) is 1.56. The first kappa shape index (κ1) is 118. The van der Waals surface area contributed by atoms with Crippen molar-refractivity contribution >= 4 is 125 Å². The first-order valence-corrected chi connectivity index (χ1v) is 77.3. The van der Waals surface area contributed by atoms with Gasteiger partial charge in [-0.05, 0) is 401 Å². The lowest BCUT2D eigenvalue weighted by Gasteiger charge is -2.51. The first-order valence-electron chi connectivity index (χ1n) is 61.6. The van der Waals surface area contributed by atoms with Crippen LogP contribution in [-0.2, 0) is 0 Å². The molecule has 4 aromatic carbocycles. The smallest absolute Gasteiger partial charge is 0.102 e. The molecule has 40 unspecified atom stereocenters. The van der Waals surface area contributed by atoms with Crippen LogP contribution in [0.3, 0.4) is 0 Å². The average molecular weight is 2200 g/mol. The van der Waals surface area contributed by atoms with Crippen molar-refractivity contribution in [2.24, 2.45) is 166 Å². The molecule has 0 radical (unpaired) electrons. The Hall–Kier alpha value is 0.0675. The zero-order chi connectivity index (χ0) is 104. The Bertz CT molecular complexity index is 4190. The minimum absolute atomic E-state index is 0.556. The lowest BCUT2D eigenvalue weighted by Crippen LogP contribution is -2.48. The molecule has 0 heterocycles. The van der Waals surface area contributed by atoms with Gasteiger partial charge in [-0.1, -0.05) is 396 Å². The summed E-state index contributed by atoms with van der Waals surface area (Å²) in [5, 5.41) is 0. The summed E-state index contributed by atoms with van der Waals surface area (Å²) in [6, 6.07) is 46.6. The number of halogens is 8. The van der Waals surface area contributed by atoms with Crippen LogP contribution in [0.25, 0.3) is 0 Å². The van der Waals surface area contributed by atoms with Crippen LogP contribution in [0.2, 0.25) is 96.7 Å². The molecule has 0 bridgehead atoms. The Kier molecular flexibility index (Phi) is 41.1. The van der Waals surface area contributed by atoms with Crippen LogP contribution in [-0.4, -0.2) is 49.6 Å². The summed E-state index contributed by atoms with van der Waals surface area (Å²) >= 11 is 42.4. The highest BCUT2D eigenvalue weighted by Gasteiger charge is 2.67. The highest BCUT2D eigenvalue weighted by Crippen LogP contribution is 2.74. The van der Waals surface area contributed by atoms with Crippen LogP contribution in [0, 0.1) is 166 Å². The zero-order valence-corrected chi connectivity index (χ0v) is 106. The van der Waals surface area contributed by atoms with Crippen LogP contribution in [0.15, 0.2) is 121 Å². The van der Waals surface area contributed by atoms with E-state index in [1.54, 1.807) is 245 Å². The normalized spacial score (nSPS) is 41.6.